The maximum atomic E-state index is 9.58. The van der Waals surface area contributed by atoms with Gasteiger partial charge >= 0.3 is 0 Å². The van der Waals surface area contributed by atoms with Gasteiger partial charge in [0.15, 0.2) is 0 Å². The van der Waals surface area contributed by atoms with Crippen LogP contribution in [0.3, 0.4) is 0 Å². The number of phenolic OH excluding ortho intramolecular Hbond substituents is 1. The third kappa shape index (κ3) is 11.2. The van der Waals surface area contributed by atoms with E-state index < -0.39 is 0 Å². The average Bonchev–Trinajstić information content (AvgIpc) is 2.64. The second-order valence-corrected chi connectivity index (χ2v) is 6.88. The molecule has 25 heavy (non-hydrogen) atoms. The van der Waals surface area contributed by atoms with E-state index in [1.807, 2.05) is 18.2 Å². The number of hydrogen-bond donors (Lipinski definition) is 3. The fraction of sp³-hybridized carbons (Fsp3) is 0.714. The van der Waals surface area contributed by atoms with E-state index in [0.717, 1.165) is 51.3 Å². The third-order valence-electron chi connectivity index (χ3n) is 4.70. The fourth-order valence-corrected chi connectivity index (χ4v) is 3.11. The lowest BCUT2D eigenvalue weighted by molar-refractivity contribution is 0.247. The van der Waals surface area contributed by atoms with Crippen LogP contribution in [0.1, 0.15) is 57.4 Å². The van der Waals surface area contributed by atoms with Crippen LogP contribution in [0, 0.1) is 0 Å². The average molecular weight is 350 g/mol. The number of para-hydroxylation sites is 1. The van der Waals surface area contributed by atoms with Gasteiger partial charge in [0.25, 0.3) is 0 Å². The Hall–Kier alpha value is -1.10. The van der Waals surface area contributed by atoms with E-state index in [1.165, 1.54) is 44.9 Å². The van der Waals surface area contributed by atoms with E-state index in [9.17, 15) is 5.11 Å². The Bertz CT molecular complexity index is 417. The van der Waals surface area contributed by atoms with E-state index in [2.05, 4.69) is 17.1 Å². The molecule has 1 saturated heterocycles. The molecular formula is C21H39N3O. The van der Waals surface area contributed by atoms with Crippen LogP contribution in [0.25, 0.3) is 0 Å². The number of unbranched alkanes of at least 4 members (excludes halogenated alkanes) is 6. The quantitative estimate of drug-likeness (QED) is 0.566. The van der Waals surface area contributed by atoms with Crippen molar-refractivity contribution in [1.29, 1.82) is 0 Å². The largest absolute Gasteiger partial charge is 0.508 e. The van der Waals surface area contributed by atoms with Gasteiger partial charge < -0.3 is 16.2 Å². The van der Waals surface area contributed by atoms with Gasteiger partial charge in [-0.2, -0.15) is 0 Å². The van der Waals surface area contributed by atoms with Crippen molar-refractivity contribution in [3.05, 3.63) is 29.8 Å². The van der Waals surface area contributed by atoms with Crippen LogP contribution >= 0.6 is 0 Å². The van der Waals surface area contributed by atoms with Crippen molar-refractivity contribution in [3.63, 3.8) is 0 Å². The topological polar surface area (TPSA) is 61.5 Å². The molecule has 2 rings (SSSR count). The van der Waals surface area contributed by atoms with Gasteiger partial charge in [0.2, 0.25) is 0 Å². The normalized spacial score (nSPS) is 14.8. The first-order valence-corrected chi connectivity index (χ1v) is 10.2. The fourth-order valence-electron chi connectivity index (χ4n) is 3.11. The molecular weight excluding hydrogens is 310 g/mol. The molecule has 0 aromatic heterocycles. The molecule has 0 bridgehead atoms. The van der Waals surface area contributed by atoms with E-state index >= 15 is 0 Å². The predicted molar refractivity (Wildman–Crippen MR) is 108 cm³/mol. The number of nitrogens with two attached hydrogens (primary N) is 1. The number of phenols is 1. The summed E-state index contributed by atoms with van der Waals surface area (Å²) < 4.78 is 0. The van der Waals surface area contributed by atoms with Gasteiger partial charge in [0, 0.05) is 39.3 Å². The van der Waals surface area contributed by atoms with Gasteiger partial charge in [0.1, 0.15) is 5.75 Å². The summed E-state index contributed by atoms with van der Waals surface area (Å²) in [5, 5.41) is 12.9. The van der Waals surface area contributed by atoms with Crippen LogP contribution < -0.4 is 11.1 Å². The Balaban J connectivity index is 0.000000293. The highest BCUT2D eigenvalue weighted by Gasteiger charge is 2.06. The molecule has 1 heterocycles. The SMILES string of the molecule is CCCCCCCCCc1ccccc1O.NCCN1CCNCC1. The Morgan fingerprint density at radius 2 is 1.64 bits per heavy atom. The van der Waals surface area contributed by atoms with E-state index in [-0.39, 0.29) is 0 Å². The molecule has 1 aliphatic heterocycles. The van der Waals surface area contributed by atoms with Gasteiger partial charge in [-0.25, -0.2) is 0 Å². The number of aromatic hydroxyl groups is 1. The Morgan fingerprint density at radius 1 is 1.00 bits per heavy atom. The highest BCUT2D eigenvalue weighted by Crippen LogP contribution is 2.18. The van der Waals surface area contributed by atoms with Crippen LogP contribution in [0.15, 0.2) is 24.3 Å². The summed E-state index contributed by atoms with van der Waals surface area (Å²) in [7, 11) is 0. The highest BCUT2D eigenvalue weighted by atomic mass is 16.3. The van der Waals surface area contributed by atoms with E-state index in [4.69, 9.17) is 5.73 Å². The zero-order valence-corrected chi connectivity index (χ0v) is 16.2. The molecule has 0 spiro atoms. The molecule has 0 aliphatic carbocycles. The number of benzene rings is 1. The molecule has 4 heteroatoms. The molecule has 1 fully saturated rings. The summed E-state index contributed by atoms with van der Waals surface area (Å²) in [6, 6.07) is 7.67. The van der Waals surface area contributed by atoms with Crippen molar-refractivity contribution < 1.29 is 5.11 Å². The number of nitrogens with one attached hydrogen (secondary N) is 1. The molecule has 1 aromatic carbocycles. The Morgan fingerprint density at radius 3 is 2.28 bits per heavy atom. The van der Waals surface area contributed by atoms with Crippen LogP contribution in [0.5, 0.6) is 5.75 Å². The molecule has 0 radical (unpaired) electrons. The first kappa shape index (κ1) is 21.9. The second kappa shape index (κ2) is 15.2. The molecule has 0 atom stereocenters. The molecule has 0 amide bonds. The monoisotopic (exact) mass is 349 g/mol. The summed E-state index contributed by atoms with van der Waals surface area (Å²) in [5.41, 5.74) is 6.49. The van der Waals surface area contributed by atoms with Gasteiger partial charge in [0.05, 0.1) is 0 Å². The zero-order valence-electron chi connectivity index (χ0n) is 16.2. The van der Waals surface area contributed by atoms with Crippen LogP contribution in [-0.4, -0.2) is 49.3 Å². The van der Waals surface area contributed by atoms with Gasteiger partial charge in [-0.1, -0.05) is 63.6 Å². The zero-order chi connectivity index (χ0) is 18.2. The van der Waals surface area contributed by atoms with Gasteiger partial charge in [-0.15, -0.1) is 0 Å². The Kier molecular flexibility index (Phi) is 13.3. The first-order chi connectivity index (χ1) is 12.3. The minimum absolute atomic E-state index is 0.452. The minimum Gasteiger partial charge on any atom is -0.508 e. The molecule has 4 nitrogen and oxygen atoms in total. The van der Waals surface area contributed by atoms with Crippen molar-refractivity contribution in [1.82, 2.24) is 10.2 Å². The summed E-state index contributed by atoms with van der Waals surface area (Å²) in [5.74, 6) is 0.452. The van der Waals surface area contributed by atoms with E-state index in [0.29, 0.717) is 5.75 Å². The summed E-state index contributed by atoms with van der Waals surface area (Å²) in [6.45, 7) is 8.67. The number of aryl methyl sites for hydroxylation is 1. The van der Waals surface area contributed by atoms with Crippen molar-refractivity contribution in [2.45, 2.75) is 58.3 Å². The maximum Gasteiger partial charge on any atom is 0.118 e. The molecule has 0 saturated carbocycles. The predicted octanol–water partition coefficient (Wildman–Crippen LogP) is 3.54. The molecule has 0 unspecified atom stereocenters. The van der Waals surface area contributed by atoms with Crippen molar-refractivity contribution in [2.24, 2.45) is 5.73 Å². The van der Waals surface area contributed by atoms with Crippen molar-refractivity contribution in [3.8, 4) is 5.75 Å². The molecule has 4 N–H and O–H groups in total. The summed E-state index contributed by atoms with van der Waals surface area (Å²) in [4.78, 5) is 2.39. The lowest BCUT2D eigenvalue weighted by atomic mass is 10.0. The molecule has 1 aliphatic rings. The van der Waals surface area contributed by atoms with Crippen LogP contribution in [0.2, 0.25) is 0 Å². The third-order valence-corrected chi connectivity index (χ3v) is 4.70. The standard InChI is InChI=1S/C15H24O.C6H15N3/c1-2-3-4-5-6-7-8-11-14-12-9-10-13-15(14)16;7-1-4-9-5-2-8-3-6-9/h9-10,12-13,16H,2-8,11H2,1H3;8H,1-7H2. The lowest BCUT2D eigenvalue weighted by Crippen LogP contribution is -2.45. The maximum absolute atomic E-state index is 9.58. The summed E-state index contributed by atoms with van der Waals surface area (Å²) >= 11 is 0. The lowest BCUT2D eigenvalue weighted by Gasteiger charge is -2.26. The highest BCUT2D eigenvalue weighted by molar-refractivity contribution is 5.31. The second-order valence-electron chi connectivity index (χ2n) is 6.88. The van der Waals surface area contributed by atoms with Gasteiger partial charge in [-0.3, -0.25) is 4.90 Å². The Labute approximate surface area is 154 Å². The van der Waals surface area contributed by atoms with E-state index in [1.54, 1.807) is 6.07 Å². The van der Waals surface area contributed by atoms with Crippen molar-refractivity contribution >= 4 is 0 Å². The number of hydrogen-bond acceptors (Lipinski definition) is 4. The first-order valence-electron chi connectivity index (χ1n) is 10.2. The number of piperazine rings is 1. The molecule has 1 aromatic rings. The van der Waals surface area contributed by atoms with Gasteiger partial charge in [-0.05, 0) is 24.5 Å². The summed E-state index contributed by atoms with van der Waals surface area (Å²) in [6.07, 6.45) is 10.3. The molecule has 144 valence electrons. The van der Waals surface area contributed by atoms with Crippen LogP contribution in [-0.2, 0) is 6.42 Å². The smallest absolute Gasteiger partial charge is 0.118 e. The minimum atomic E-state index is 0.452. The number of nitrogens with zero attached hydrogens (tertiary/aromatic N) is 1. The van der Waals surface area contributed by atoms with Crippen LogP contribution in [0.4, 0.5) is 0 Å². The number of rotatable bonds is 10. The van der Waals surface area contributed by atoms with Crippen molar-refractivity contribution in [2.75, 3.05) is 39.3 Å².